The van der Waals surface area contributed by atoms with Gasteiger partial charge in [-0.05, 0) is 6.08 Å². The Balaban J connectivity index is 0.00000338. The molecule has 26 heavy (non-hydrogen) atoms. The molecule has 0 aliphatic heterocycles. The molecule has 0 radical (unpaired) electrons. The molecule has 0 fully saturated rings. The van der Waals surface area contributed by atoms with Crippen LogP contribution in [0.25, 0.3) is 5.70 Å². The van der Waals surface area contributed by atoms with E-state index in [4.69, 9.17) is 11.6 Å². The molecule has 1 aliphatic carbocycles. The molecular weight excluding hydrogens is 418 g/mol. The van der Waals surface area contributed by atoms with Crippen LogP contribution >= 0.6 is 11.6 Å². The first-order valence-electron chi connectivity index (χ1n) is 6.38. The molecule has 0 unspecified atom stereocenters. The van der Waals surface area contributed by atoms with Gasteiger partial charge in [0.05, 0.1) is 12.4 Å². The normalized spacial score (nSPS) is 16.8. The van der Waals surface area contributed by atoms with E-state index in [9.17, 15) is 41.4 Å². The fraction of sp³-hybridized carbons (Fsp3) is 0.308. The Morgan fingerprint density at radius 1 is 1.31 bits per heavy atom. The van der Waals surface area contributed by atoms with E-state index < -0.39 is 57.7 Å². The molecule has 6 nitrogen and oxygen atoms in total. The third-order valence-corrected chi connectivity index (χ3v) is 3.73. The van der Waals surface area contributed by atoms with E-state index in [-0.39, 0.29) is 72.7 Å². The molecule has 0 amide bonds. The molecule has 0 N–H and O–H groups in total. The summed E-state index contributed by atoms with van der Waals surface area (Å²) in [7, 11) is 0.630. The molecule has 2 rings (SSSR count). The van der Waals surface area contributed by atoms with Crippen LogP contribution in [-0.4, -0.2) is 21.0 Å². The molecule has 0 aromatic carbocycles. The van der Waals surface area contributed by atoms with E-state index in [0.29, 0.717) is 7.05 Å². The summed E-state index contributed by atoms with van der Waals surface area (Å²) in [5.41, 5.74) is -7.38. The van der Waals surface area contributed by atoms with Gasteiger partial charge in [-0.1, -0.05) is 11.6 Å². The average molecular weight is 425 g/mol. The van der Waals surface area contributed by atoms with Crippen molar-refractivity contribution < 1.29 is 83.2 Å². The van der Waals surface area contributed by atoms with Gasteiger partial charge < -0.3 is 9.90 Å². The number of carboxylic acid groups (broad SMARTS) is 1. The summed E-state index contributed by atoms with van der Waals surface area (Å²) in [6.45, 7) is 0. The number of aliphatic carboxylic acids is 1. The zero-order chi connectivity index (χ0) is 19.3. The Morgan fingerprint density at radius 3 is 2.31 bits per heavy atom. The van der Waals surface area contributed by atoms with E-state index in [0.717, 1.165) is 0 Å². The maximum absolute atomic E-state index is 14.1. The second-order valence-electron chi connectivity index (χ2n) is 5.06. The fourth-order valence-corrected chi connectivity index (χ4v) is 2.52. The van der Waals surface area contributed by atoms with Crippen LogP contribution in [0.5, 0.6) is 0 Å². The number of nitrogens with zero attached hydrogens (tertiary/aromatic N) is 2. The van der Waals surface area contributed by atoms with Gasteiger partial charge in [-0.2, -0.15) is 22.0 Å². The number of carbonyl (C=O) groups is 1. The summed E-state index contributed by atoms with van der Waals surface area (Å²) in [5, 5.41) is 10.1. The molecular formula is C13H7ClF5KN2O4. The minimum atomic E-state index is -5.07. The summed E-state index contributed by atoms with van der Waals surface area (Å²) in [4.78, 5) is 34.8. The van der Waals surface area contributed by atoms with Crippen LogP contribution in [0.4, 0.5) is 22.0 Å². The van der Waals surface area contributed by atoms with Gasteiger partial charge in [0.25, 0.3) is 11.5 Å². The molecule has 1 aromatic rings. The van der Waals surface area contributed by atoms with Gasteiger partial charge in [-0.3, -0.25) is 9.36 Å². The Labute approximate surface area is 189 Å². The average Bonchev–Trinajstić information content (AvgIpc) is 2.42. The molecule has 1 aromatic heterocycles. The Bertz CT molecular complexity index is 945. The van der Waals surface area contributed by atoms with Crippen molar-refractivity contribution in [3.05, 3.63) is 49.3 Å². The van der Waals surface area contributed by atoms with Gasteiger partial charge in [0, 0.05) is 23.7 Å². The number of hydrogen-bond acceptors (Lipinski definition) is 4. The van der Waals surface area contributed by atoms with Crippen LogP contribution in [-0.2, 0) is 18.0 Å². The van der Waals surface area contributed by atoms with Gasteiger partial charge in [-0.15, -0.1) is 0 Å². The number of hydrogen-bond donors (Lipinski definition) is 0. The van der Waals surface area contributed by atoms with E-state index in [2.05, 4.69) is 0 Å². The number of alkyl halides is 5. The molecule has 136 valence electrons. The minimum absolute atomic E-state index is 0. The third-order valence-electron chi connectivity index (χ3n) is 3.40. The number of halogens is 6. The standard InChI is InChI=1S/C13H8ClF5N2O4.K/c1-20-8(13(17,18)19)3-9(22)21(11(20)25)7-2-5(10(23)24)6(14)4-12(7,15)16;/h2-3H,4H2,1H3,(H,23,24);/q;+1/p-1. The van der Waals surface area contributed by atoms with Gasteiger partial charge in [-0.25, -0.2) is 9.36 Å². The van der Waals surface area contributed by atoms with Crippen molar-refractivity contribution in [3.63, 3.8) is 0 Å². The van der Waals surface area contributed by atoms with Gasteiger partial charge >= 0.3 is 63.3 Å². The molecule has 0 saturated heterocycles. The number of aromatic nitrogens is 2. The van der Waals surface area contributed by atoms with Gasteiger partial charge in [0.1, 0.15) is 11.4 Å². The van der Waals surface area contributed by atoms with Crippen molar-refractivity contribution in [1.82, 2.24) is 9.13 Å². The number of allylic oxidation sites excluding steroid dienone is 2. The van der Waals surface area contributed by atoms with Crippen molar-refractivity contribution >= 4 is 23.3 Å². The van der Waals surface area contributed by atoms with Crippen LogP contribution in [0.2, 0.25) is 0 Å². The molecule has 1 heterocycles. The number of carbonyl (C=O) groups excluding carboxylic acids is 1. The second kappa shape index (κ2) is 7.68. The van der Waals surface area contributed by atoms with Gasteiger partial charge in [0.2, 0.25) is 0 Å². The third kappa shape index (κ3) is 4.20. The largest absolute Gasteiger partial charge is 1.00 e. The molecule has 0 atom stereocenters. The van der Waals surface area contributed by atoms with Crippen LogP contribution in [0, 0.1) is 0 Å². The predicted octanol–water partition coefficient (Wildman–Crippen LogP) is -2.31. The van der Waals surface area contributed by atoms with Crippen molar-refractivity contribution in [2.75, 3.05) is 0 Å². The Kier molecular flexibility index (Phi) is 6.86. The van der Waals surface area contributed by atoms with E-state index in [1.807, 2.05) is 0 Å². The van der Waals surface area contributed by atoms with Crippen molar-refractivity contribution in [1.29, 1.82) is 0 Å². The molecule has 13 heteroatoms. The van der Waals surface area contributed by atoms with E-state index >= 15 is 0 Å². The first-order valence-corrected chi connectivity index (χ1v) is 6.76. The quantitative estimate of drug-likeness (QED) is 0.395. The maximum atomic E-state index is 14.1. The zero-order valence-corrected chi connectivity index (χ0v) is 17.0. The summed E-state index contributed by atoms with van der Waals surface area (Å²) in [5.74, 6) is -5.92. The van der Waals surface area contributed by atoms with E-state index in [1.54, 1.807) is 0 Å². The van der Waals surface area contributed by atoms with E-state index in [1.165, 1.54) is 0 Å². The monoisotopic (exact) mass is 424 g/mol. The predicted molar refractivity (Wildman–Crippen MR) is 72.7 cm³/mol. The molecule has 0 spiro atoms. The van der Waals surface area contributed by atoms with Gasteiger partial charge in [0.15, 0.2) is 0 Å². The fourth-order valence-electron chi connectivity index (χ4n) is 2.22. The first-order chi connectivity index (χ1) is 11.3. The summed E-state index contributed by atoms with van der Waals surface area (Å²) >= 11 is 5.43. The molecule has 0 saturated carbocycles. The Morgan fingerprint density at radius 2 is 1.85 bits per heavy atom. The topological polar surface area (TPSA) is 84.1 Å². The molecule has 0 bridgehead atoms. The van der Waals surface area contributed by atoms with Crippen LogP contribution in [0.3, 0.4) is 0 Å². The van der Waals surface area contributed by atoms with Crippen molar-refractivity contribution in [3.8, 4) is 0 Å². The first kappa shape index (κ1) is 23.2. The summed E-state index contributed by atoms with van der Waals surface area (Å²) in [6, 6.07) is -0.0447. The summed E-state index contributed by atoms with van der Waals surface area (Å²) < 4.78 is 66.3. The smallest absolute Gasteiger partial charge is 0.545 e. The summed E-state index contributed by atoms with van der Waals surface area (Å²) in [6.07, 6.45) is -6.20. The molecule has 1 aliphatic rings. The van der Waals surface area contributed by atoms with Crippen LogP contribution in [0.1, 0.15) is 12.1 Å². The zero-order valence-electron chi connectivity index (χ0n) is 13.2. The number of rotatable bonds is 2. The van der Waals surface area contributed by atoms with Crippen LogP contribution < -0.4 is 67.7 Å². The number of carboxylic acids is 1. The Hall–Kier alpha value is -0.794. The second-order valence-corrected chi connectivity index (χ2v) is 5.52. The SMILES string of the molecule is Cn1c(C(F)(F)F)cc(=O)n(C2=CC(C(=O)[O-])=C(Cl)CC2(F)F)c1=O.[K+]. The minimum Gasteiger partial charge on any atom is -0.545 e. The maximum Gasteiger partial charge on any atom is 1.00 e. The van der Waals surface area contributed by atoms with Crippen molar-refractivity contribution in [2.24, 2.45) is 7.05 Å². The van der Waals surface area contributed by atoms with Crippen LogP contribution in [0.15, 0.2) is 32.3 Å². The van der Waals surface area contributed by atoms with Crippen molar-refractivity contribution in [2.45, 2.75) is 18.5 Å².